The molecule has 0 radical (unpaired) electrons. The largest absolute Gasteiger partial charge is 0.350 e. The average molecular weight is 486 g/mol. The maximum Gasteiger partial charge on any atom is 0.264 e. The Morgan fingerprint density at radius 1 is 0.939 bits per heavy atom. The minimum Gasteiger partial charge on any atom is -0.350 e. The van der Waals surface area contributed by atoms with Crippen molar-refractivity contribution in [3.05, 3.63) is 89.4 Å². The third kappa shape index (κ3) is 6.12. The zero-order valence-corrected chi connectivity index (χ0v) is 19.7. The number of nitrogens with one attached hydrogen (secondary N) is 2. The third-order valence-corrected chi connectivity index (χ3v) is 6.60. The van der Waals surface area contributed by atoms with E-state index in [1.165, 1.54) is 18.2 Å². The van der Waals surface area contributed by atoms with Crippen LogP contribution in [-0.2, 0) is 14.8 Å². The molecule has 3 aromatic carbocycles. The normalized spacial score (nSPS) is 11.2. The zero-order valence-electron chi connectivity index (χ0n) is 18.2. The Bertz CT molecular complexity index is 1250. The lowest BCUT2D eigenvalue weighted by Gasteiger charge is -2.24. The Kier molecular flexibility index (Phi) is 7.73. The van der Waals surface area contributed by atoms with Gasteiger partial charge in [-0.05, 0) is 56.3 Å². The van der Waals surface area contributed by atoms with Gasteiger partial charge in [0.15, 0.2) is 0 Å². The average Bonchev–Trinajstić information content (AvgIpc) is 2.78. The summed E-state index contributed by atoms with van der Waals surface area (Å²) in [6, 6.07) is 20.5. The number of nitrogens with zero attached hydrogens (tertiary/aromatic N) is 1. The summed E-state index contributed by atoms with van der Waals surface area (Å²) in [7, 11) is -4.07. The maximum atomic E-state index is 13.4. The molecule has 3 aromatic rings. The lowest BCUT2D eigenvalue weighted by molar-refractivity contribution is -0.114. The van der Waals surface area contributed by atoms with Crippen LogP contribution in [0.5, 0.6) is 0 Å². The third-order valence-electron chi connectivity index (χ3n) is 4.58. The van der Waals surface area contributed by atoms with Crippen molar-refractivity contribution in [2.75, 3.05) is 16.2 Å². The van der Waals surface area contributed by atoms with E-state index < -0.39 is 22.5 Å². The fourth-order valence-electron chi connectivity index (χ4n) is 3.12. The van der Waals surface area contributed by atoms with Crippen molar-refractivity contribution in [1.29, 1.82) is 0 Å². The van der Waals surface area contributed by atoms with E-state index in [1.54, 1.807) is 60.7 Å². The Balaban J connectivity index is 1.92. The summed E-state index contributed by atoms with van der Waals surface area (Å²) >= 11 is 6.08. The molecule has 0 fully saturated rings. The highest BCUT2D eigenvalue weighted by molar-refractivity contribution is 7.92. The highest BCUT2D eigenvalue weighted by Crippen LogP contribution is 2.26. The molecule has 0 unspecified atom stereocenters. The summed E-state index contributed by atoms with van der Waals surface area (Å²) in [5.74, 6) is -0.955. The second kappa shape index (κ2) is 10.5. The molecule has 33 heavy (non-hydrogen) atoms. The van der Waals surface area contributed by atoms with Crippen LogP contribution in [0.2, 0.25) is 5.02 Å². The first-order chi connectivity index (χ1) is 15.7. The number of sulfonamides is 1. The number of halogens is 1. The van der Waals surface area contributed by atoms with Crippen molar-refractivity contribution in [1.82, 2.24) is 5.32 Å². The minimum atomic E-state index is -4.07. The first kappa shape index (κ1) is 24.3. The van der Waals surface area contributed by atoms with E-state index in [0.717, 1.165) is 4.31 Å². The van der Waals surface area contributed by atoms with Crippen molar-refractivity contribution < 1.29 is 18.0 Å². The van der Waals surface area contributed by atoms with Crippen LogP contribution in [0.25, 0.3) is 0 Å². The molecule has 0 saturated carbocycles. The molecular formula is C24H24ClN3O4S. The quantitative estimate of drug-likeness (QED) is 0.497. The molecule has 0 aromatic heterocycles. The molecule has 0 spiro atoms. The van der Waals surface area contributed by atoms with Crippen molar-refractivity contribution >= 4 is 44.8 Å². The summed E-state index contributed by atoms with van der Waals surface area (Å²) in [5.41, 5.74) is 0.802. The van der Waals surface area contributed by atoms with E-state index >= 15 is 0 Å². The highest BCUT2D eigenvalue weighted by atomic mass is 35.5. The van der Waals surface area contributed by atoms with Gasteiger partial charge in [-0.1, -0.05) is 48.0 Å². The number of rotatable bonds is 8. The summed E-state index contributed by atoms with van der Waals surface area (Å²) < 4.78 is 27.7. The number of hydrogen-bond donors (Lipinski definition) is 2. The number of anilines is 2. The number of carbonyl (C=O) groups is 2. The molecule has 7 nitrogen and oxygen atoms in total. The molecule has 3 rings (SSSR count). The monoisotopic (exact) mass is 485 g/mol. The van der Waals surface area contributed by atoms with E-state index in [0.29, 0.717) is 5.02 Å². The van der Waals surface area contributed by atoms with Gasteiger partial charge in [-0.3, -0.25) is 13.9 Å². The van der Waals surface area contributed by atoms with Gasteiger partial charge in [0.1, 0.15) is 6.54 Å². The van der Waals surface area contributed by atoms with Crippen LogP contribution < -0.4 is 14.9 Å². The fourth-order valence-corrected chi connectivity index (χ4v) is 4.73. The predicted molar refractivity (Wildman–Crippen MR) is 130 cm³/mol. The first-order valence-electron chi connectivity index (χ1n) is 10.2. The van der Waals surface area contributed by atoms with Gasteiger partial charge in [-0.2, -0.15) is 0 Å². The van der Waals surface area contributed by atoms with E-state index in [-0.39, 0.29) is 33.8 Å². The van der Waals surface area contributed by atoms with Crippen molar-refractivity contribution in [3.63, 3.8) is 0 Å². The Morgan fingerprint density at radius 3 is 2.27 bits per heavy atom. The van der Waals surface area contributed by atoms with E-state index in [2.05, 4.69) is 10.6 Å². The van der Waals surface area contributed by atoms with Gasteiger partial charge < -0.3 is 10.6 Å². The molecule has 0 heterocycles. The van der Waals surface area contributed by atoms with E-state index in [9.17, 15) is 18.0 Å². The standard InChI is InChI=1S/C24H24ClN3O4S/c1-17(2)26-24(30)21-13-6-7-14-22(21)27-23(29)16-28(19-10-8-9-18(25)15-19)33(31,32)20-11-4-3-5-12-20/h3-15,17H,16H2,1-2H3,(H,26,30)(H,27,29). The lowest BCUT2D eigenvalue weighted by atomic mass is 10.1. The van der Waals surface area contributed by atoms with Crippen LogP contribution in [0.1, 0.15) is 24.2 Å². The second-order valence-electron chi connectivity index (χ2n) is 7.53. The zero-order chi connectivity index (χ0) is 24.0. The summed E-state index contributed by atoms with van der Waals surface area (Å²) in [6.07, 6.45) is 0. The van der Waals surface area contributed by atoms with Gasteiger partial charge >= 0.3 is 0 Å². The van der Waals surface area contributed by atoms with Gasteiger partial charge in [-0.15, -0.1) is 0 Å². The predicted octanol–water partition coefficient (Wildman–Crippen LogP) is 4.31. The molecule has 0 bridgehead atoms. The highest BCUT2D eigenvalue weighted by Gasteiger charge is 2.27. The number of benzene rings is 3. The van der Waals surface area contributed by atoms with Gasteiger partial charge in [-0.25, -0.2) is 8.42 Å². The molecule has 2 amide bonds. The Labute approximate surface area is 198 Å². The van der Waals surface area contributed by atoms with Crippen molar-refractivity contribution in [2.45, 2.75) is 24.8 Å². The van der Waals surface area contributed by atoms with Crippen molar-refractivity contribution in [2.24, 2.45) is 0 Å². The molecule has 0 saturated heterocycles. The van der Waals surface area contributed by atoms with Crippen LogP contribution >= 0.6 is 11.6 Å². The van der Waals surface area contributed by atoms with Crippen LogP contribution in [0.15, 0.2) is 83.8 Å². The molecule has 0 aliphatic rings. The van der Waals surface area contributed by atoms with E-state index in [1.807, 2.05) is 13.8 Å². The smallest absolute Gasteiger partial charge is 0.264 e. The first-order valence-corrected chi connectivity index (χ1v) is 12.0. The summed E-state index contributed by atoms with van der Waals surface area (Å²) in [5, 5.41) is 5.77. The molecule has 172 valence electrons. The number of carbonyl (C=O) groups excluding carboxylic acids is 2. The molecule has 0 atom stereocenters. The van der Waals surface area contributed by atoms with E-state index in [4.69, 9.17) is 11.6 Å². The topological polar surface area (TPSA) is 95.6 Å². The maximum absolute atomic E-state index is 13.4. The molecule has 2 N–H and O–H groups in total. The van der Waals surface area contributed by atoms with Crippen LogP contribution in [-0.4, -0.2) is 32.8 Å². The Hall–Kier alpha value is -3.36. The lowest BCUT2D eigenvalue weighted by Crippen LogP contribution is -2.38. The number of amides is 2. The second-order valence-corrected chi connectivity index (χ2v) is 9.83. The van der Waals surface area contributed by atoms with Crippen LogP contribution in [0.4, 0.5) is 11.4 Å². The Morgan fingerprint density at radius 2 is 1.61 bits per heavy atom. The van der Waals surface area contributed by atoms with Crippen LogP contribution in [0, 0.1) is 0 Å². The van der Waals surface area contributed by atoms with Gasteiger partial charge in [0.2, 0.25) is 5.91 Å². The fraction of sp³-hybridized carbons (Fsp3) is 0.167. The van der Waals surface area contributed by atoms with Gasteiger partial charge in [0, 0.05) is 11.1 Å². The minimum absolute atomic E-state index is 0.0366. The summed E-state index contributed by atoms with van der Waals surface area (Å²) in [6.45, 7) is 3.14. The molecular weight excluding hydrogens is 462 g/mol. The molecule has 0 aliphatic heterocycles. The number of para-hydroxylation sites is 1. The van der Waals surface area contributed by atoms with Crippen molar-refractivity contribution in [3.8, 4) is 0 Å². The molecule has 0 aliphatic carbocycles. The SMILES string of the molecule is CC(C)NC(=O)c1ccccc1NC(=O)CN(c1cccc(Cl)c1)S(=O)(=O)c1ccccc1. The number of hydrogen-bond acceptors (Lipinski definition) is 4. The summed E-state index contributed by atoms with van der Waals surface area (Å²) in [4.78, 5) is 25.5. The van der Waals surface area contributed by atoms with Gasteiger partial charge in [0.25, 0.3) is 15.9 Å². The van der Waals surface area contributed by atoms with Gasteiger partial charge in [0.05, 0.1) is 21.8 Å². The molecule has 9 heteroatoms. The van der Waals surface area contributed by atoms with Crippen LogP contribution in [0.3, 0.4) is 0 Å².